The highest BCUT2D eigenvalue weighted by Gasteiger charge is 2.16. The quantitative estimate of drug-likeness (QED) is 0.306. The summed E-state index contributed by atoms with van der Waals surface area (Å²) < 4.78 is 0. The maximum Gasteiger partial charge on any atom is 0.320 e. The van der Waals surface area contributed by atoms with Crippen LogP contribution in [0.2, 0.25) is 0 Å². The van der Waals surface area contributed by atoms with Gasteiger partial charge in [-0.25, -0.2) is 0 Å². The Morgan fingerprint density at radius 2 is 1.25 bits per heavy atom. The van der Waals surface area contributed by atoms with Gasteiger partial charge in [0, 0.05) is 39.1 Å². The number of nitrogens with two attached hydrogens (primary N) is 1. The van der Waals surface area contributed by atoms with Gasteiger partial charge in [0.15, 0.2) is 0 Å². The highest BCUT2D eigenvalue weighted by Crippen LogP contribution is 2.31. The van der Waals surface area contributed by atoms with Gasteiger partial charge in [-0.3, -0.25) is 9.69 Å². The minimum Gasteiger partial charge on any atom is -0.480 e. The van der Waals surface area contributed by atoms with E-state index < -0.39 is 12.0 Å². The molecule has 3 N–H and O–H groups in total. The number of hydrogen-bond acceptors (Lipinski definition) is 5. The Morgan fingerprint density at radius 3 is 1.69 bits per heavy atom. The summed E-state index contributed by atoms with van der Waals surface area (Å²) in [4.78, 5) is 18.5. The van der Waals surface area contributed by atoms with Crippen LogP contribution in [0.15, 0.2) is 84.9 Å². The van der Waals surface area contributed by atoms with E-state index in [1.54, 1.807) is 22.7 Å². The number of rotatable bonds is 10. The van der Waals surface area contributed by atoms with Gasteiger partial charge < -0.3 is 10.8 Å². The van der Waals surface area contributed by atoms with Crippen LogP contribution in [0.25, 0.3) is 20.9 Å². The molecule has 2 heterocycles. The molecule has 164 valence electrons. The fraction of sp³-hybridized carbons (Fsp3) is 0.192. The molecular weight excluding hydrogens is 436 g/mol. The van der Waals surface area contributed by atoms with Crippen molar-refractivity contribution < 1.29 is 9.90 Å². The zero-order valence-electron chi connectivity index (χ0n) is 17.7. The van der Waals surface area contributed by atoms with Crippen LogP contribution in [-0.4, -0.2) is 28.6 Å². The number of nitrogens with zero attached hydrogens (tertiary/aromatic N) is 1. The summed E-state index contributed by atoms with van der Waals surface area (Å²) in [6, 6.07) is 28.6. The molecule has 2 aromatic heterocycles. The summed E-state index contributed by atoms with van der Waals surface area (Å²) in [5.41, 5.74) is 8.22. The summed E-state index contributed by atoms with van der Waals surface area (Å²) in [6.07, 6.45) is 0.420. The number of carboxylic acids is 1. The third-order valence-corrected chi connectivity index (χ3v) is 7.51. The average Bonchev–Trinajstić information content (AvgIpc) is 3.48. The molecular formula is C26H26N2O2S2. The minimum atomic E-state index is -0.949. The molecule has 0 bridgehead atoms. The van der Waals surface area contributed by atoms with Crippen LogP contribution in [0, 0.1) is 0 Å². The molecule has 0 aliphatic rings. The van der Waals surface area contributed by atoms with Crippen molar-refractivity contribution >= 4 is 28.6 Å². The number of aliphatic carboxylic acids is 1. The average molecular weight is 463 g/mol. The minimum absolute atomic E-state index is 0.420. The monoisotopic (exact) mass is 462 g/mol. The smallest absolute Gasteiger partial charge is 0.320 e. The summed E-state index contributed by atoms with van der Waals surface area (Å²) in [7, 11) is 0. The SMILES string of the molecule is N[C@@H](CCN(Cc1ccc(-c2ccccc2)s1)Cc1ccc(-c2ccccc2)s1)C(=O)O. The summed E-state index contributed by atoms with van der Waals surface area (Å²) in [6.45, 7) is 2.16. The van der Waals surface area contributed by atoms with E-state index in [0.717, 1.165) is 13.1 Å². The summed E-state index contributed by atoms with van der Waals surface area (Å²) in [5.74, 6) is -0.949. The van der Waals surface area contributed by atoms with Crippen LogP contribution >= 0.6 is 22.7 Å². The van der Waals surface area contributed by atoms with Crippen LogP contribution in [0.3, 0.4) is 0 Å². The fourth-order valence-electron chi connectivity index (χ4n) is 3.54. The van der Waals surface area contributed by atoms with Gasteiger partial charge in [0.25, 0.3) is 0 Å². The van der Waals surface area contributed by atoms with Crippen LogP contribution in [0.4, 0.5) is 0 Å². The molecule has 0 aliphatic heterocycles. The summed E-state index contributed by atoms with van der Waals surface area (Å²) in [5, 5.41) is 9.19. The first-order chi connectivity index (χ1) is 15.6. The lowest BCUT2D eigenvalue weighted by Gasteiger charge is -2.22. The van der Waals surface area contributed by atoms with Crippen molar-refractivity contribution in [1.29, 1.82) is 0 Å². The molecule has 0 unspecified atom stereocenters. The largest absolute Gasteiger partial charge is 0.480 e. The van der Waals surface area contributed by atoms with Crippen molar-refractivity contribution in [1.82, 2.24) is 4.90 Å². The zero-order valence-corrected chi connectivity index (χ0v) is 19.3. The van der Waals surface area contributed by atoms with E-state index in [2.05, 4.69) is 77.7 Å². The van der Waals surface area contributed by atoms with E-state index in [0.29, 0.717) is 13.0 Å². The van der Waals surface area contributed by atoms with Crippen molar-refractivity contribution in [2.24, 2.45) is 5.73 Å². The predicted octanol–water partition coefficient (Wildman–Crippen LogP) is 5.95. The van der Waals surface area contributed by atoms with Crippen LogP contribution < -0.4 is 5.73 Å². The van der Waals surface area contributed by atoms with E-state index >= 15 is 0 Å². The van der Waals surface area contributed by atoms with Gasteiger partial charge in [0.2, 0.25) is 0 Å². The Kier molecular flexibility index (Phi) is 7.50. The number of carboxylic acid groups (broad SMARTS) is 1. The first-order valence-electron chi connectivity index (χ1n) is 10.6. The Balaban J connectivity index is 1.48. The van der Waals surface area contributed by atoms with Gasteiger partial charge in [0.05, 0.1) is 0 Å². The van der Waals surface area contributed by atoms with E-state index in [1.165, 1.54) is 30.6 Å². The third-order valence-electron chi connectivity index (χ3n) is 5.27. The molecule has 1 atom stereocenters. The maximum absolute atomic E-state index is 11.2. The van der Waals surface area contributed by atoms with Gasteiger partial charge in [-0.2, -0.15) is 0 Å². The standard InChI is InChI=1S/C26H26N2O2S2/c27-23(26(29)30)15-16-28(17-21-11-13-24(31-21)19-7-3-1-4-8-19)18-22-12-14-25(32-22)20-9-5-2-6-10-20/h1-14,23H,15-18,27H2,(H,29,30)/t23-/m0/s1. The fourth-order valence-corrected chi connectivity index (χ4v) is 5.65. The lowest BCUT2D eigenvalue weighted by atomic mass is 10.2. The molecule has 0 spiro atoms. The van der Waals surface area contributed by atoms with Crippen molar-refractivity contribution in [2.75, 3.05) is 6.54 Å². The molecule has 0 radical (unpaired) electrons. The van der Waals surface area contributed by atoms with E-state index in [4.69, 9.17) is 5.73 Å². The lowest BCUT2D eigenvalue weighted by Crippen LogP contribution is -2.35. The lowest BCUT2D eigenvalue weighted by molar-refractivity contribution is -0.138. The van der Waals surface area contributed by atoms with Gasteiger partial charge >= 0.3 is 5.97 Å². The Morgan fingerprint density at radius 1 is 0.781 bits per heavy atom. The van der Waals surface area contributed by atoms with Gasteiger partial charge in [-0.15, -0.1) is 22.7 Å². The Hall–Kier alpha value is -2.77. The van der Waals surface area contributed by atoms with Crippen molar-refractivity contribution in [3.8, 4) is 20.9 Å². The highest BCUT2D eigenvalue weighted by molar-refractivity contribution is 7.15. The molecule has 4 aromatic rings. The molecule has 4 rings (SSSR count). The molecule has 0 fully saturated rings. The number of carbonyl (C=O) groups is 1. The topological polar surface area (TPSA) is 66.6 Å². The second kappa shape index (κ2) is 10.7. The predicted molar refractivity (Wildman–Crippen MR) is 134 cm³/mol. The number of thiophene rings is 2. The zero-order chi connectivity index (χ0) is 22.3. The van der Waals surface area contributed by atoms with Crippen LogP contribution in [-0.2, 0) is 17.9 Å². The molecule has 6 heteroatoms. The second-order valence-electron chi connectivity index (χ2n) is 7.71. The van der Waals surface area contributed by atoms with Crippen LogP contribution in [0.5, 0.6) is 0 Å². The van der Waals surface area contributed by atoms with Gasteiger partial charge in [-0.1, -0.05) is 60.7 Å². The molecule has 4 nitrogen and oxygen atoms in total. The first-order valence-corrected chi connectivity index (χ1v) is 12.2. The van der Waals surface area contributed by atoms with E-state index in [-0.39, 0.29) is 0 Å². The van der Waals surface area contributed by atoms with Crippen molar-refractivity contribution in [3.05, 3.63) is 94.7 Å². The van der Waals surface area contributed by atoms with Gasteiger partial charge in [-0.05, 0) is 41.8 Å². The van der Waals surface area contributed by atoms with E-state index in [9.17, 15) is 9.90 Å². The first kappa shape index (κ1) is 22.4. The molecule has 0 saturated heterocycles. The molecule has 0 aliphatic carbocycles. The van der Waals surface area contributed by atoms with Crippen molar-refractivity contribution in [2.45, 2.75) is 25.6 Å². The van der Waals surface area contributed by atoms with Gasteiger partial charge in [0.1, 0.15) is 6.04 Å². The third kappa shape index (κ3) is 5.93. The number of benzene rings is 2. The van der Waals surface area contributed by atoms with E-state index in [1.807, 2.05) is 12.1 Å². The molecule has 0 saturated carbocycles. The molecule has 32 heavy (non-hydrogen) atoms. The molecule has 0 amide bonds. The second-order valence-corrected chi connectivity index (χ2v) is 10.0. The molecule has 2 aromatic carbocycles. The summed E-state index contributed by atoms with van der Waals surface area (Å²) >= 11 is 3.56. The Labute approximate surface area is 196 Å². The van der Waals surface area contributed by atoms with Crippen molar-refractivity contribution in [3.63, 3.8) is 0 Å². The van der Waals surface area contributed by atoms with Crippen LogP contribution in [0.1, 0.15) is 16.2 Å². The Bertz CT molecular complexity index is 1060. The highest BCUT2D eigenvalue weighted by atomic mass is 32.1. The maximum atomic E-state index is 11.2. The normalized spacial score (nSPS) is 12.2. The number of hydrogen-bond donors (Lipinski definition) is 2.